The second kappa shape index (κ2) is 10.4. The van der Waals surface area contributed by atoms with Gasteiger partial charge in [0.2, 0.25) is 0 Å². The van der Waals surface area contributed by atoms with Gasteiger partial charge in [-0.15, -0.1) is 0 Å². The van der Waals surface area contributed by atoms with E-state index in [-0.39, 0.29) is 4.68 Å². The summed E-state index contributed by atoms with van der Waals surface area (Å²) in [5, 5.41) is 0. The molecule has 8 atom stereocenters. The third-order valence-corrected chi connectivity index (χ3v) is 12.4. The summed E-state index contributed by atoms with van der Waals surface area (Å²) >= 11 is 2.23. The van der Waals surface area contributed by atoms with Gasteiger partial charge in [-0.05, 0) is 11.8 Å². The molecule has 4 aliphatic carbocycles. The fraction of sp³-hybridized carbons (Fsp3) is 0.735. The average Bonchev–Trinajstić information content (AvgIpc) is 3.20. The Hall–Kier alpha value is -0.851. The van der Waals surface area contributed by atoms with Crippen LogP contribution in [0, 0.1) is 46.3 Å². The first-order valence-corrected chi connectivity index (χ1v) is 16.1. The van der Waals surface area contributed by atoms with Crippen LogP contribution in [0.5, 0.6) is 0 Å². The van der Waals surface area contributed by atoms with Gasteiger partial charge in [-0.2, -0.15) is 0 Å². The van der Waals surface area contributed by atoms with Gasteiger partial charge < -0.3 is 0 Å². The van der Waals surface area contributed by atoms with Crippen LogP contribution in [0.3, 0.4) is 0 Å². The van der Waals surface area contributed by atoms with Gasteiger partial charge in [0.1, 0.15) is 0 Å². The molecule has 3 saturated carbocycles. The Morgan fingerprint density at radius 3 is 2.53 bits per heavy atom. The van der Waals surface area contributed by atoms with E-state index in [1.165, 1.54) is 69.8 Å². The van der Waals surface area contributed by atoms with Crippen LogP contribution in [0.1, 0.15) is 127 Å². The maximum absolute atomic E-state index is 12.3. The summed E-state index contributed by atoms with van der Waals surface area (Å²) in [6, 6.07) is 8.38. The summed E-state index contributed by atoms with van der Waals surface area (Å²) in [5.74, 6) is 5.85. The van der Waals surface area contributed by atoms with Crippen LogP contribution in [-0.2, 0) is 0 Å². The molecule has 0 unspecified atom stereocenters. The average molecular weight is 554 g/mol. The zero-order chi connectivity index (χ0) is 25.7. The molecule has 0 amide bonds. The molecular formula is C34H50OSe. The standard InChI is InChI=1S/C34H50OSe/c1-22(2)9-8-10-23(3)29-15-16-30-28-14-13-25-21-24(26-11-6-7-12-27(26)32(35)36)17-19-33(25,4)31(28)18-20-34(29,30)5/h6-7,11-13,22-24,28-31H,8-10,14-21H2,1-5H3,(H,35,36)/t23-,24+,28+,29-,30+,31+,33+,34-/m1/s1. The maximum atomic E-state index is 12.3. The van der Waals surface area contributed by atoms with Gasteiger partial charge in [0, 0.05) is 0 Å². The van der Waals surface area contributed by atoms with Crippen LogP contribution in [0.2, 0.25) is 0 Å². The van der Waals surface area contributed by atoms with E-state index in [1.54, 1.807) is 5.57 Å². The minimum absolute atomic E-state index is 0.157. The Kier molecular flexibility index (Phi) is 7.71. The third kappa shape index (κ3) is 4.62. The Balaban J connectivity index is 1.32. The molecule has 1 aromatic rings. The molecular weight excluding hydrogens is 503 g/mol. The second-order valence-electron chi connectivity index (χ2n) is 14.1. The summed E-state index contributed by atoms with van der Waals surface area (Å²) in [4.78, 5) is 12.3. The molecule has 4 aliphatic rings. The predicted molar refractivity (Wildman–Crippen MR) is 154 cm³/mol. The van der Waals surface area contributed by atoms with Crippen LogP contribution in [0.4, 0.5) is 0 Å². The quantitative estimate of drug-likeness (QED) is 0.243. The van der Waals surface area contributed by atoms with E-state index in [0.717, 1.165) is 47.5 Å². The van der Waals surface area contributed by atoms with Gasteiger partial charge in [-0.1, -0.05) is 40.0 Å². The van der Waals surface area contributed by atoms with Crippen molar-refractivity contribution in [3.63, 3.8) is 0 Å². The molecule has 0 saturated heterocycles. The van der Waals surface area contributed by atoms with Crippen LogP contribution in [0.15, 0.2) is 35.9 Å². The van der Waals surface area contributed by atoms with Crippen molar-refractivity contribution in [1.82, 2.24) is 0 Å². The zero-order valence-electron chi connectivity index (χ0n) is 23.6. The van der Waals surface area contributed by atoms with Gasteiger partial charge >= 0.3 is 178 Å². The van der Waals surface area contributed by atoms with Crippen molar-refractivity contribution >= 4 is 20.7 Å². The molecule has 3 fully saturated rings. The van der Waals surface area contributed by atoms with Crippen LogP contribution in [0.25, 0.3) is 0 Å². The Morgan fingerprint density at radius 1 is 1.00 bits per heavy atom. The summed E-state index contributed by atoms with van der Waals surface area (Å²) in [6.45, 7) is 12.7. The SMILES string of the molecule is CC(C)CCC[C@@H](C)[C@H]1CC[C@H]2[C@@H]3CC=C4C[C@@H](c5ccccc5C(=O)[SeH])CC[C@]4(C)[C@H]3CC[C@]12C. The monoisotopic (exact) mass is 554 g/mol. The molecule has 0 aliphatic heterocycles. The minimum atomic E-state index is 0.157. The number of hydrogen-bond acceptors (Lipinski definition) is 1. The Bertz CT molecular complexity index is 993. The topological polar surface area (TPSA) is 17.1 Å². The van der Waals surface area contributed by atoms with Crippen LogP contribution >= 0.6 is 0 Å². The summed E-state index contributed by atoms with van der Waals surface area (Å²) < 4.78 is 0.157. The van der Waals surface area contributed by atoms with E-state index in [0.29, 0.717) is 16.7 Å². The number of hydrogen-bond donors (Lipinski definition) is 0. The van der Waals surface area contributed by atoms with E-state index in [9.17, 15) is 4.79 Å². The van der Waals surface area contributed by atoms with Crippen molar-refractivity contribution < 1.29 is 4.79 Å². The normalized spacial score (nSPS) is 38.6. The zero-order valence-corrected chi connectivity index (χ0v) is 25.4. The first kappa shape index (κ1) is 26.7. The van der Waals surface area contributed by atoms with Gasteiger partial charge in [-0.3, -0.25) is 0 Å². The molecule has 0 N–H and O–H groups in total. The molecule has 1 aromatic carbocycles. The molecule has 198 valence electrons. The van der Waals surface area contributed by atoms with E-state index in [2.05, 4.69) is 68.8 Å². The van der Waals surface area contributed by atoms with Crippen molar-refractivity contribution in [1.29, 1.82) is 0 Å². The molecule has 0 spiro atoms. The Labute approximate surface area is 229 Å². The van der Waals surface area contributed by atoms with E-state index < -0.39 is 0 Å². The number of fused-ring (bicyclic) bond motifs is 5. The van der Waals surface area contributed by atoms with Crippen molar-refractivity contribution in [2.24, 2.45) is 46.3 Å². The number of carbonyl (C=O) groups is 1. The molecule has 0 bridgehead atoms. The van der Waals surface area contributed by atoms with Gasteiger partial charge in [0.15, 0.2) is 0 Å². The van der Waals surface area contributed by atoms with Gasteiger partial charge in [0.25, 0.3) is 0 Å². The summed E-state index contributed by atoms with van der Waals surface area (Å²) in [6.07, 6.45) is 17.8. The van der Waals surface area contributed by atoms with Crippen molar-refractivity contribution in [3.05, 3.63) is 47.0 Å². The molecule has 2 heteroatoms. The van der Waals surface area contributed by atoms with Gasteiger partial charge in [-0.25, -0.2) is 0 Å². The molecule has 36 heavy (non-hydrogen) atoms. The molecule has 5 rings (SSSR count). The molecule has 1 nitrogen and oxygen atoms in total. The van der Waals surface area contributed by atoms with Crippen molar-refractivity contribution in [3.8, 4) is 0 Å². The molecule has 0 radical (unpaired) electrons. The van der Waals surface area contributed by atoms with E-state index in [4.69, 9.17) is 0 Å². The fourth-order valence-corrected chi connectivity index (χ4v) is 10.4. The van der Waals surface area contributed by atoms with Crippen molar-refractivity contribution in [2.45, 2.75) is 111 Å². The third-order valence-electron chi connectivity index (χ3n) is 11.9. The Morgan fingerprint density at radius 2 is 1.78 bits per heavy atom. The number of allylic oxidation sites excluding steroid dienone is 2. The predicted octanol–water partition coefficient (Wildman–Crippen LogP) is 8.85. The molecule has 0 heterocycles. The van der Waals surface area contributed by atoms with E-state index >= 15 is 0 Å². The molecule has 0 aromatic heterocycles. The van der Waals surface area contributed by atoms with Crippen LogP contribution in [-0.4, -0.2) is 20.7 Å². The number of rotatable bonds is 7. The van der Waals surface area contributed by atoms with Gasteiger partial charge in [0.05, 0.1) is 0 Å². The summed E-state index contributed by atoms with van der Waals surface area (Å²) in [7, 11) is 0. The number of carbonyl (C=O) groups excluding carboxylic acids is 1. The fourth-order valence-electron chi connectivity index (χ4n) is 10.00. The first-order valence-electron chi connectivity index (χ1n) is 15.2. The second-order valence-corrected chi connectivity index (χ2v) is 15.0. The van der Waals surface area contributed by atoms with Crippen molar-refractivity contribution in [2.75, 3.05) is 0 Å². The first-order chi connectivity index (χ1) is 17.1. The summed E-state index contributed by atoms with van der Waals surface area (Å²) in [5.41, 5.74) is 4.88. The van der Waals surface area contributed by atoms with Crippen LogP contribution < -0.4 is 0 Å². The number of benzene rings is 1. The van der Waals surface area contributed by atoms with E-state index in [1.807, 2.05) is 12.1 Å².